The van der Waals surface area contributed by atoms with Crippen molar-refractivity contribution >= 4 is 5.69 Å². The van der Waals surface area contributed by atoms with Crippen LogP contribution in [0, 0.1) is 0 Å². The number of para-hydroxylation sites is 1. The number of methoxy groups -OCH3 is 1. The third-order valence-corrected chi connectivity index (χ3v) is 2.81. The van der Waals surface area contributed by atoms with Crippen LogP contribution in [-0.4, -0.2) is 33.4 Å². The summed E-state index contributed by atoms with van der Waals surface area (Å²) in [6, 6.07) is 10.8. The van der Waals surface area contributed by atoms with Crippen molar-refractivity contribution in [3.8, 4) is 0 Å². The van der Waals surface area contributed by atoms with Crippen molar-refractivity contribution < 1.29 is 4.74 Å². The highest BCUT2D eigenvalue weighted by Gasteiger charge is 2.14. The van der Waals surface area contributed by atoms with Crippen LogP contribution in [0.15, 0.2) is 30.3 Å². The second kappa shape index (κ2) is 7.25. The average molecular weight is 222 g/mol. The Morgan fingerprint density at radius 1 is 1.31 bits per heavy atom. The van der Waals surface area contributed by atoms with E-state index in [0.717, 1.165) is 26.0 Å². The smallest absolute Gasteiger partial charge is 0.0666 e. The van der Waals surface area contributed by atoms with E-state index in [9.17, 15) is 0 Å². The van der Waals surface area contributed by atoms with Gasteiger partial charge in [0.1, 0.15) is 0 Å². The van der Waals surface area contributed by atoms with E-state index in [1.54, 1.807) is 7.11 Å². The molecule has 1 aromatic rings. The van der Waals surface area contributed by atoms with Crippen LogP contribution in [-0.2, 0) is 4.74 Å². The van der Waals surface area contributed by atoms with Gasteiger partial charge in [-0.3, -0.25) is 0 Å². The van der Waals surface area contributed by atoms with E-state index in [-0.39, 0.29) is 0 Å². The maximum Gasteiger partial charge on any atom is 0.0666 e. The van der Waals surface area contributed by atoms with Crippen molar-refractivity contribution in [3.63, 3.8) is 0 Å². The first-order valence-corrected chi connectivity index (χ1v) is 5.76. The van der Waals surface area contributed by atoms with Gasteiger partial charge in [0.05, 0.1) is 12.6 Å². The van der Waals surface area contributed by atoms with Gasteiger partial charge in [-0.15, -0.1) is 0 Å². The zero-order valence-corrected chi connectivity index (χ0v) is 10.2. The van der Waals surface area contributed by atoms with Crippen LogP contribution in [0.1, 0.15) is 12.8 Å². The van der Waals surface area contributed by atoms with Gasteiger partial charge in [0, 0.05) is 19.8 Å². The van der Waals surface area contributed by atoms with Crippen LogP contribution >= 0.6 is 0 Å². The minimum atomic E-state index is 0.399. The van der Waals surface area contributed by atoms with Gasteiger partial charge in [0.2, 0.25) is 0 Å². The van der Waals surface area contributed by atoms with Crippen LogP contribution in [0.3, 0.4) is 0 Å². The number of nitrogens with zero attached hydrogens (tertiary/aromatic N) is 1. The van der Waals surface area contributed by atoms with Crippen molar-refractivity contribution in [2.45, 2.75) is 18.9 Å². The first-order chi connectivity index (χ1) is 7.79. The molecule has 1 rings (SSSR count). The Balaban J connectivity index is 2.62. The fraction of sp³-hybridized carbons (Fsp3) is 0.538. The molecule has 0 heterocycles. The zero-order chi connectivity index (χ0) is 11.8. The quantitative estimate of drug-likeness (QED) is 0.765. The van der Waals surface area contributed by atoms with Crippen LogP contribution in [0.25, 0.3) is 0 Å². The molecule has 0 saturated carbocycles. The highest BCUT2D eigenvalue weighted by Crippen LogP contribution is 2.17. The Hall–Kier alpha value is -1.06. The van der Waals surface area contributed by atoms with Crippen molar-refractivity contribution in [1.29, 1.82) is 0 Å². The molecule has 1 unspecified atom stereocenters. The lowest BCUT2D eigenvalue weighted by Gasteiger charge is -2.29. The highest BCUT2D eigenvalue weighted by molar-refractivity contribution is 5.46. The molecule has 0 amide bonds. The van der Waals surface area contributed by atoms with E-state index in [4.69, 9.17) is 10.5 Å². The Kier molecular flexibility index (Phi) is 5.90. The molecular formula is C13H22N2O. The lowest BCUT2D eigenvalue weighted by molar-refractivity contribution is 0.174. The van der Waals surface area contributed by atoms with Gasteiger partial charge in [0.25, 0.3) is 0 Å². The van der Waals surface area contributed by atoms with Gasteiger partial charge in [0.15, 0.2) is 0 Å². The Bertz CT molecular complexity index is 277. The van der Waals surface area contributed by atoms with E-state index in [2.05, 4.69) is 36.2 Å². The monoisotopic (exact) mass is 222 g/mol. The summed E-state index contributed by atoms with van der Waals surface area (Å²) in [6.07, 6.45) is 2.10. The van der Waals surface area contributed by atoms with Crippen LogP contribution in [0.4, 0.5) is 5.69 Å². The zero-order valence-electron chi connectivity index (χ0n) is 10.2. The average Bonchev–Trinajstić information content (AvgIpc) is 2.35. The molecule has 0 aliphatic carbocycles. The number of rotatable bonds is 7. The van der Waals surface area contributed by atoms with Gasteiger partial charge >= 0.3 is 0 Å². The SMILES string of the molecule is COCC(CCCN)N(C)c1ccccc1. The molecule has 0 spiro atoms. The first-order valence-electron chi connectivity index (χ1n) is 5.76. The summed E-state index contributed by atoms with van der Waals surface area (Å²) in [6.45, 7) is 1.48. The second-order valence-electron chi connectivity index (χ2n) is 3.99. The van der Waals surface area contributed by atoms with Gasteiger partial charge in [-0.1, -0.05) is 18.2 Å². The summed E-state index contributed by atoms with van der Waals surface area (Å²) < 4.78 is 5.26. The standard InChI is InChI=1S/C13H22N2O/c1-15(12-7-4-3-5-8-12)13(11-16-2)9-6-10-14/h3-5,7-8,13H,6,9-11,14H2,1-2H3. The van der Waals surface area contributed by atoms with Crippen LogP contribution in [0.2, 0.25) is 0 Å². The molecule has 0 fully saturated rings. The predicted octanol–water partition coefficient (Wildman–Crippen LogP) is 1.88. The third kappa shape index (κ3) is 3.83. The van der Waals surface area contributed by atoms with Gasteiger partial charge in [-0.25, -0.2) is 0 Å². The van der Waals surface area contributed by atoms with Crippen molar-refractivity contribution in [1.82, 2.24) is 0 Å². The molecule has 0 bridgehead atoms. The number of benzene rings is 1. The maximum atomic E-state index is 5.55. The molecule has 90 valence electrons. The van der Waals surface area contributed by atoms with Crippen LogP contribution < -0.4 is 10.6 Å². The largest absolute Gasteiger partial charge is 0.383 e. The number of anilines is 1. The number of hydrogen-bond donors (Lipinski definition) is 1. The summed E-state index contributed by atoms with van der Waals surface area (Å²) in [5.41, 5.74) is 6.78. The molecule has 0 saturated heterocycles. The third-order valence-electron chi connectivity index (χ3n) is 2.81. The maximum absolute atomic E-state index is 5.55. The molecule has 1 aromatic carbocycles. The molecular weight excluding hydrogens is 200 g/mol. The van der Waals surface area contributed by atoms with Crippen molar-refractivity contribution in [2.75, 3.05) is 32.2 Å². The minimum absolute atomic E-state index is 0.399. The lowest BCUT2D eigenvalue weighted by Crippen LogP contribution is -2.35. The summed E-state index contributed by atoms with van der Waals surface area (Å²) in [5, 5.41) is 0. The number of hydrogen-bond acceptors (Lipinski definition) is 3. The molecule has 0 aromatic heterocycles. The van der Waals surface area contributed by atoms with E-state index in [1.807, 2.05) is 6.07 Å². The molecule has 0 aliphatic heterocycles. The Morgan fingerprint density at radius 3 is 2.56 bits per heavy atom. The van der Waals surface area contributed by atoms with E-state index >= 15 is 0 Å². The summed E-state index contributed by atoms with van der Waals surface area (Å²) >= 11 is 0. The summed E-state index contributed by atoms with van der Waals surface area (Å²) in [5.74, 6) is 0. The Labute approximate surface area is 98.2 Å². The number of likely N-dealkylation sites (N-methyl/N-ethyl adjacent to an activating group) is 1. The lowest BCUT2D eigenvalue weighted by atomic mass is 10.1. The molecule has 3 heteroatoms. The summed E-state index contributed by atoms with van der Waals surface area (Å²) in [4.78, 5) is 2.26. The number of ether oxygens (including phenoxy) is 1. The normalized spacial score (nSPS) is 12.4. The van der Waals surface area contributed by atoms with E-state index < -0.39 is 0 Å². The van der Waals surface area contributed by atoms with Crippen LogP contribution in [0.5, 0.6) is 0 Å². The topological polar surface area (TPSA) is 38.5 Å². The molecule has 3 nitrogen and oxygen atoms in total. The Morgan fingerprint density at radius 2 is 2.00 bits per heavy atom. The second-order valence-corrected chi connectivity index (χ2v) is 3.99. The fourth-order valence-electron chi connectivity index (χ4n) is 1.81. The highest BCUT2D eigenvalue weighted by atomic mass is 16.5. The summed E-state index contributed by atoms with van der Waals surface area (Å²) in [7, 11) is 3.85. The van der Waals surface area contributed by atoms with Gasteiger partial charge in [-0.05, 0) is 31.5 Å². The van der Waals surface area contributed by atoms with E-state index in [1.165, 1.54) is 5.69 Å². The van der Waals surface area contributed by atoms with Crippen molar-refractivity contribution in [2.24, 2.45) is 5.73 Å². The number of nitrogens with two attached hydrogens (primary N) is 1. The van der Waals surface area contributed by atoms with Crippen molar-refractivity contribution in [3.05, 3.63) is 30.3 Å². The molecule has 1 atom stereocenters. The van der Waals surface area contributed by atoms with E-state index in [0.29, 0.717) is 6.04 Å². The molecule has 0 radical (unpaired) electrons. The first kappa shape index (κ1) is 13.0. The molecule has 2 N–H and O–H groups in total. The molecule has 16 heavy (non-hydrogen) atoms. The fourth-order valence-corrected chi connectivity index (χ4v) is 1.81. The van der Waals surface area contributed by atoms with Gasteiger partial charge in [-0.2, -0.15) is 0 Å². The predicted molar refractivity (Wildman–Crippen MR) is 68.8 cm³/mol. The molecule has 0 aliphatic rings. The van der Waals surface area contributed by atoms with Gasteiger partial charge < -0.3 is 15.4 Å². The minimum Gasteiger partial charge on any atom is -0.383 e.